The number of benzene rings is 2. The Labute approximate surface area is 170 Å². The molecule has 0 N–H and O–H groups in total. The van der Waals surface area contributed by atoms with Gasteiger partial charge in [-0.25, -0.2) is 4.39 Å². The Kier molecular flexibility index (Phi) is 8.20. The van der Waals surface area contributed by atoms with Crippen molar-refractivity contribution in [3.05, 3.63) is 71.5 Å². The molecule has 0 aliphatic heterocycles. The van der Waals surface area contributed by atoms with Gasteiger partial charge >= 0.3 is 0 Å². The van der Waals surface area contributed by atoms with Crippen LogP contribution in [-0.4, -0.2) is 17.5 Å². The van der Waals surface area contributed by atoms with E-state index in [1.54, 1.807) is 12.1 Å². The van der Waals surface area contributed by atoms with Crippen molar-refractivity contribution in [3.63, 3.8) is 0 Å². The van der Waals surface area contributed by atoms with Crippen molar-refractivity contribution in [2.45, 2.75) is 65.0 Å². The summed E-state index contributed by atoms with van der Waals surface area (Å²) < 4.78 is 14.6. The number of halogens is 1. The van der Waals surface area contributed by atoms with E-state index in [0.29, 0.717) is 18.0 Å². The molecule has 0 radical (unpaired) electrons. The van der Waals surface area contributed by atoms with Gasteiger partial charge in [0, 0.05) is 18.2 Å². The Hall–Kier alpha value is -2.18. The molecule has 0 aliphatic carbocycles. The molecule has 0 aromatic heterocycles. The highest BCUT2D eigenvalue weighted by molar-refractivity contribution is 5.34. The van der Waals surface area contributed by atoms with Gasteiger partial charge in [0.1, 0.15) is 5.82 Å². The van der Waals surface area contributed by atoms with Crippen LogP contribution in [0, 0.1) is 23.1 Å². The zero-order valence-electron chi connectivity index (χ0n) is 17.7. The van der Waals surface area contributed by atoms with Crippen molar-refractivity contribution >= 4 is 0 Å². The van der Waals surface area contributed by atoms with E-state index in [1.807, 2.05) is 26.0 Å². The minimum atomic E-state index is -0.801. The second kappa shape index (κ2) is 10.4. The Morgan fingerprint density at radius 1 is 1.04 bits per heavy atom. The lowest BCUT2D eigenvalue weighted by Gasteiger charge is -2.35. The first-order chi connectivity index (χ1) is 13.4. The largest absolute Gasteiger partial charge is 0.296 e. The molecule has 2 atom stereocenters. The van der Waals surface area contributed by atoms with E-state index in [-0.39, 0.29) is 11.7 Å². The van der Waals surface area contributed by atoms with E-state index in [2.05, 4.69) is 49.1 Å². The van der Waals surface area contributed by atoms with Crippen LogP contribution in [0.5, 0.6) is 0 Å². The lowest BCUT2D eigenvalue weighted by molar-refractivity contribution is 0.176. The third-order valence-electron chi connectivity index (χ3n) is 5.86. The highest BCUT2D eigenvalue weighted by atomic mass is 19.1. The molecule has 0 spiro atoms. The first-order valence-electron chi connectivity index (χ1n) is 10.4. The van der Waals surface area contributed by atoms with Crippen LogP contribution in [0.25, 0.3) is 0 Å². The summed E-state index contributed by atoms with van der Waals surface area (Å²) in [6, 6.07) is 20.1. The van der Waals surface area contributed by atoms with Crippen LogP contribution in [-0.2, 0) is 12.0 Å². The summed E-state index contributed by atoms with van der Waals surface area (Å²) in [5, 5.41) is 10.1. The molecule has 0 bridgehead atoms. The minimum Gasteiger partial charge on any atom is -0.296 e. The third kappa shape index (κ3) is 5.20. The minimum absolute atomic E-state index is 0.0374. The average molecular weight is 381 g/mol. The van der Waals surface area contributed by atoms with Crippen LogP contribution in [0.1, 0.15) is 58.1 Å². The van der Waals surface area contributed by atoms with E-state index in [1.165, 1.54) is 11.6 Å². The Morgan fingerprint density at radius 2 is 1.68 bits per heavy atom. The number of hydrogen-bond donors (Lipinski definition) is 0. The smallest absolute Gasteiger partial charge is 0.128 e. The molecule has 28 heavy (non-hydrogen) atoms. The van der Waals surface area contributed by atoms with Crippen LogP contribution >= 0.6 is 0 Å². The molecule has 0 saturated heterocycles. The van der Waals surface area contributed by atoms with Crippen molar-refractivity contribution in [2.24, 2.45) is 5.92 Å². The van der Waals surface area contributed by atoms with Gasteiger partial charge < -0.3 is 0 Å². The summed E-state index contributed by atoms with van der Waals surface area (Å²) in [5.41, 5.74) is 1.03. The van der Waals surface area contributed by atoms with E-state index in [4.69, 9.17) is 0 Å². The van der Waals surface area contributed by atoms with Gasteiger partial charge in [0.05, 0.1) is 11.5 Å². The number of hydrogen-bond acceptors (Lipinski definition) is 2. The molecule has 0 fully saturated rings. The summed E-state index contributed by atoms with van der Waals surface area (Å²) in [5.74, 6) is -0.240. The average Bonchev–Trinajstić information content (AvgIpc) is 2.70. The Morgan fingerprint density at radius 3 is 2.25 bits per heavy atom. The summed E-state index contributed by atoms with van der Waals surface area (Å²) in [7, 11) is 0. The Bertz CT molecular complexity index is 766. The highest BCUT2D eigenvalue weighted by Gasteiger charge is 2.38. The zero-order chi connectivity index (χ0) is 20.6. The molecule has 3 heteroatoms. The van der Waals surface area contributed by atoms with E-state index >= 15 is 0 Å². The number of nitriles is 1. The fourth-order valence-corrected chi connectivity index (χ4v) is 3.98. The lowest BCUT2D eigenvalue weighted by atomic mass is 9.69. The maximum Gasteiger partial charge on any atom is 0.128 e. The quantitative estimate of drug-likeness (QED) is 0.482. The topological polar surface area (TPSA) is 27.0 Å². The van der Waals surface area contributed by atoms with Gasteiger partial charge in [0.25, 0.3) is 0 Å². The molecule has 2 aromatic rings. The standard InChI is InChI=1S/C25H33FN2/c1-5-17-28(18-22-11-7-6-8-12-22)21(4)15-16-25(19-27,20(2)3)23-13-9-10-14-24(23)26/h6-14,20-21H,5,15-18H2,1-4H3. The summed E-state index contributed by atoms with van der Waals surface area (Å²) >= 11 is 0. The zero-order valence-corrected chi connectivity index (χ0v) is 17.7. The van der Waals surface area contributed by atoms with Gasteiger partial charge in [0.15, 0.2) is 0 Å². The molecule has 2 unspecified atom stereocenters. The van der Waals surface area contributed by atoms with Crippen molar-refractivity contribution in [1.82, 2.24) is 4.90 Å². The van der Waals surface area contributed by atoms with Crippen molar-refractivity contribution in [1.29, 1.82) is 5.26 Å². The van der Waals surface area contributed by atoms with Gasteiger partial charge in [-0.05, 0) is 50.3 Å². The molecular weight excluding hydrogens is 347 g/mol. The van der Waals surface area contributed by atoms with Gasteiger partial charge in [-0.1, -0.05) is 69.3 Å². The van der Waals surface area contributed by atoms with Crippen LogP contribution < -0.4 is 0 Å². The summed E-state index contributed by atoms with van der Waals surface area (Å²) in [6.07, 6.45) is 2.59. The van der Waals surface area contributed by atoms with Gasteiger partial charge in [-0.3, -0.25) is 4.90 Å². The summed E-state index contributed by atoms with van der Waals surface area (Å²) in [6.45, 7) is 10.4. The van der Waals surface area contributed by atoms with E-state index in [0.717, 1.165) is 25.9 Å². The first-order valence-corrected chi connectivity index (χ1v) is 10.4. The van der Waals surface area contributed by atoms with Crippen molar-refractivity contribution in [2.75, 3.05) is 6.54 Å². The normalized spacial score (nSPS) is 14.6. The lowest BCUT2D eigenvalue weighted by Crippen LogP contribution is -2.37. The molecule has 2 nitrogen and oxygen atoms in total. The fourth-order valence-electron chi connectivity index (χ4n) is 3.98. The predicted molar refractivity (Wildman–Crippen MR) is 114 cm³/mol. The summed E-state index contributed by atoms with van der Waals surface area (Å²) in [4.78, 5) is 2.47. The molecule has 0 aliphatic rings. The number of rotatable bonds is 10. The molecule has 0 amide bonds. The van der Waals surface area contributed by atoms with Crippen LogP contribution in [0.3, 0.4) is 0 Å². The van der Waals surface area contributed by atoms with E-state index < -0.39 is 5.41 Å². The van der Waals surface area contributed by atoms with Gasteiger partial charge in [-0.2, -0.15) is 5.26 Å². The molecule has 2 aromatic carbocycles. The molecule has 150 valence electrons. The molecular formula is C25H33FN2. The second-order valence-electron chi connectivity index (χ2n) is 8.06. The molecule has 0 saturated carbocycles. The van der Waals surface area contributed by atoms with Gasteiger partial charge in [-0.15, -0.1) is 0 Å². The SMILES string of the molecule is CCCN(Cc1ccccc1)C(C)CCC(C#N)(c1ccccc1F)C(C)C. The predicted octanol–water partition coefficient (Wildman–Crippen LogP) is 6.32. The third-order valence-corrected chi connectivity index (χ3v) is 5.86. The number of nitrogens with zero attached hydrogens (tertiary/aromatic N) is 2. The van der Waals surface area contributed by atoms with Crippen molar-refractivity contribution in [3.8, 4) is 6.07 Å². The Balaban J connectivity index is 2.18. The van der Waals surface area contributed by atoms with Crippen LogP contribution in [0.2, 0.25) is 0 Å². The van der Waals surface area contributed by atoms with Gasteiger partial charge in [0.2, 0.25) is 0 Å². The van der Waals surface area contributed by atoms with Crippen molar-refractivity contribution < 1.29 is 4.39 Å². The maximum absolute atomic E-state index is 14.6. The van der Waals surface area contributed by atoms with E-state index in [9.17, 15) is 9.65 Å². The fraction of sp³-hybridized carbons (Fsp3) is 0.480. The first kappa shape index (κ1) is 22.1. The monoisotopic (exact) mass is 380 g/mol. The van der Waals surface area contributed by atoms with Crippen LogP contribution in [0.4, 0.5) is 4.39 Å². The second-order valence-corrected chi connectivity index (χ2v) is 8.06. The van der Waals surface area contributed by atoms with Crippen LogP contribution in [0.15, 0.2) is 54.6 Å². The molecule has 0 heterocycles. The molecule has 2 rings (SSSR count). The maximum atomic E-state index is 14.6. The highest BCUT2D eigenvalue weighted by Crippen LogP contribution is 2.38.